The van der Waals surface area contributed by atoms with Crippen LogP contribution >= 0.6 is 0 Å². The van der Waals surface area contributed by atoms with Crippen molar-refractivity contribution >= 4 is 0 Å². The predicted molar refractivity (Wildman–Crippen MR) is 72.9 cm³/mol. The van der Waals surface area contributed by atoms with Gasteiger partial charge in [-0.1, -0.05) is 6.92 Å². The summed E-state index contributed by atoms with van der Waals surface area (Å²) in [5.74, 6) is 1.46. The van der Waals surface area contributed by atoms with Gasteiger partial charge in [0.1, 0.15) is 5.76 Å². The average Bonchev–Trinajstić information content (AvgIpc) is 2.78. The zero-order valence-electron chi connectivity index (χ0n) is 12.7. The molecule has 0 aromatic carbocycles. The Morgan fingerprint density at radius 2 is 2.05 bits per heavy atom. The van der Waals surface area contributed by atoms with Crippen molar-refractivity contribution in [3.8, 4) is 0 Å². The number of halogens is 3. The van der Waals surface area contributed by atoms with Crippen molar-refractivity contribution in [1.29, 1.82) is 0 Å². The molecule has 0 radical (unpaired) electrons. The van der Waals surface area contributed by atoms with E-state index in [1.165, 1.54) is 4.90 Å². The molecule has 0 N–H and O–H groups in total. The lowest BCUT2D eigenvalue weighted by Gasteiger charge is -2.46. The van der Waals surface area contributed by atoms with Gasteiger partial charge in [0.2, 0.25) is 5.89 Å². The van der Waals surface area contributed by atoms with E-state index in [0.29, 0.717) is 32.1 Å². The monoisotopic (exact) mass is 305 g/mol. The largest absolute Gasteiger partial charge is 0.444 e. The van der Waals surface area contributed by atoms with Crippen LogP contribution in [0.1, 0.15) is 32.4 Å². The van der Waals surface area contributed by atoms with E-state index >= 15 is 0 Å². The second kappa shape index (κ2) is 5.96. The zero-order chi connectivity index (χ0) is 15.7. The number of hydrogen-bond acceptors (Lipinski definition) is 4. The van der Waals surface area contributed by atoms with Crippen molar-refractivity contribution in [3.63, 3.8) is 0 Å². The highest BCUT2D eigenvalue weighted by molar-refractivity contribution is 4.97. The van der Waals surface area contributed by atoms with Gasteiger partial charge in [-0.25, -0.2) is 4.98 Å². The summed E-state index contributed by atoms with van der Waals surface area (Å²) in [4.78, 5) is 7.82. The fourth-order valence-electron chi connectivity index (χ4n) is 2.72. The molecule has 1 aromatic rings. The van der Waals surface area contributed by atoms with E-state index in [0.717, 1.165) is 12.2 Å². The molecule has 21 heavy (non-hydrogen) atoms. The Morgan fingerprint density at radius 3 is 2.57 bits per heavy atom. The first-order chi connectivity index (χ1) is 9.69. The Balaban J connectivity index is 1.97. The Hall–Kier alpha value is -1.08. The molecule has 1 aliphatic heterocycles. The van der Waals surface area contributed by atoms with Crippen LogP contribution in [-0.2, 0) is 13.0 Å². The van der Waals surface area contributed by atoms with Crippen molar-refractivity contribution in [3.05, 3.63) is 17.8 Å². The molecule has 4 nitrogen and oxygen atoms in total. The number of alkyl halides is 3. The van der Waals surface area contributed by atoms with E-state index in [9.17, 15) is 13.2 Å². The Kier molecular flexibility index (Phi) is 4.63. The summed E-state index contributed by atoms with van der Waals surface area (Å²) in [6.07, 6.45) is -1.64. The van der Waals surface area contributed by atoms with Crippen molar-refractivity contribution < 1.29 is 17.6 Å². The van der Waals surface area contributed by atoms with Crippen LogP contribution in [-0.4, -0.2) is 52.7 Å². The molecule has 1 aliphatic rings. The highest BCUT2D eigenvalue weighted by Crippen LogP contribution is 2.26. The number of piperazine rings is 1. The van der Waals surface area contributed by atoms with Crippen LogP contribution in [0.2, 0.25) is 0 Å². The van der Waals surface area contributed by atoms with Crippen LogP contribution in [0.25, 0.3) is 0 Å². The summed E-state index contributed by atoms with van der Waals surface area (Å²) in [5, 5.41) is 0. The fraction of sp³-hybridized carbons (Fsp3) is 0.786. The highest BCUT2D eigenvalue weighted by Gasteiger charge is 2.39. The molecule has 120 valence electrons. The van der Waals surface area contributed by atoms with E-state index in [-0.39, 0.29) is 5.54 Å². The first kappa shape index (κ1) is 16.3. The highest BCUT2D eigenvalue weighted by atomic mass is 19.4. The van der Waals surface area contributed by atoms with E-state index in [1.807, 2.05) is 20.8 Å². The molecule has 0 atom stereocenters. The summed E-state index contributed by atoms with van der Waals surface area (Å²) in [7, 11) is 0. The van der Waals surface area contributed by atoms with Gasteiger partial charge in [0.15, 0.2) is 0 Å². The van der Waals surface area contributed by atoms with Crippen LogP contribution in [0.5, 0.6) is 0 Å². The van der Waals surface area contributed by atoms with Crippen LogP contribution in [0.4, 0.5) is 13.2 Å². The average molecular weight is 305 g/mol. The first-order valence-electron chi connectivity index (χ1n) is 7.17. The third kappa shape index (κ3) is 4.44. The van der Waals surface area contributed by atoms with Gasteiger partial charge in [-0.2, -0.15) is 13.2 Å². The third-order valence-electron chi connectivity index (χ3n) is 3.83. The SMILES string of the molecule is CCc1cnc(CN2CCN(CC(F)(F)F)CC2(C)C)o1. The van der Waals surface area contributed by atoms with Crippen LogP contribution in [0, 0.1) is 0 Å². The van der Waals surface area contributed by atoms with Crippen LogP contribution in [0.3, 0.4) is 0 Å². The van der Waals surface area contributed by atoms with Crippen LogP contribution in [0.15, 0.2) is 10.6 Å². The molecule has 2 heterocycles. The Morgan fingerprint density at radius 1 is 1.33 bits per heavy atom. The van der Waals surface area contributed by atoms with Crippen molar-refractivity contribution in [2.24, 2.45) is 0 Å². The summed E-state index contributed by atoms with van der Waals surface area (Å²) in [6.45, 7) is 6.96. The maximum atomic E-state index is 12.5. The standard InChI is InChI=1S/C14H22F3N3O/c1-4-11-7-18-12(21-11)8-20-6-5-19(9-13(20,2)3)10-14(15,16)17/h7H,4-6,8-10H2,1-3H3. The quantitative estimate of drug-likeness (QED) is 0.856. The van der Waals surface area contributed by atoms with E-state index in [2.05, 4.69) is 9.88 Å². The molecule has 0 saturated carbocycles. The van der Waals surface area contributed by atoms with E-state index < -0.39 is 12.7 Å². The smallest absolute Gasteiger partial charge is 0.401 e. The number of aryl methyl sites for hydroxylation is 1. The Labute approximate surface area is 122 Å². The number of oxazole rings is 1. The molecule has 0 bridgehead atoms. The zero-order valence-corrected chi connectivity index (χ0v) is 12.7. The lowest BCUT2D eigenvalue weighted by atomic mass is 9.98. The number of hydrogen-bond donors (Lipinski definition) is 0. The van der Waals surface area contributed by atoms with Crippen molar-refractivity contribution in [2.45, 2.75) is 45.5 Å². The summed E-state index contributed by atoms with van der Waals surface area (Å²) >= 11 is 0. The van der Waals surface area contributed by atoms with E-state index in [4.69, 9.17) is 4.42 Å². The topological polar surface area (TPSA) is 32.5 Å². The van der Waals surface area contributed by atoms with Gasteiger partial charge < -0.3 is 4.42 Å². The lowest BCUT2D eigenvalue weighted by Crippen LogP contribution is -2.59. The van der Waals surface area contributed by atoms with E-state index in [1.54, 1.807) is 6.20 Å². The number of rotatable bonds is 4. The van der Waals surface area contributed by atoms with Gasteiger partial charge in [0.25, 0.3) is 0 Å². The normalized spacial score (nSPS) is 20.9. The van der Waals surface area contributed by atoms with Crippen molar-refractivity contribution in [2.75, 3.05) is 26.2 Å². The maximum Gasteiger partial charge on any atom is 0.401 e. The molecule has 0 unspecified atom stereocenters. The lowest BCUT2D eigenvalue weighted by molar-refractivity contribution is -0.155. The molecule has 2 rings (SSSR count). The second-order valence-electron chi connectivity index (χ2n) is 6.13. The van der Waals surface area contributed by atoms with Gasteiger partial charge in [0.05, 0.1) is 19.3 Å². The van der Waals surface area contributed by atoms with Gasteiger partial charge in [0, 0.05) is 31.6 Å². The van der Waals surface area contributed by atoms with Gasteiger partial charge in [-0.3, -0.25) is 9.80 Å². The fourth-order valence-corrected chi connectivity index (χ4v) is 2.72. The molecule has 0 aliphatic carbocycles. The van der Waals surface area contributed by atoms with Crippen molar-refractivity contribution in [1.82, 2.24) is 14.8 Å². The minimum atomic E-state index is -4.14. The summed E-state index contributed by atoms with van der Waals surface area (Å²) < 4.78 is 43.1. The molecule has 7 heteroatoms. The maximum absolute atomic E-state index is 12.5. The Bertz CT molecular complexity index is 470. The van der Waals surface area contributed by atoms with Gasteiger partial charge in [-0.15, -0.1) is 0 Å². The summed E-state index contributed by atoms with van der Waals surface area (Å²) in [5.41, 5.74) is -0.343. The predicted octanol–water partition coefficient (Wildman–Crippen LogP) is 2.70. The molecule has 0 spiro atoms. The van der Waals surface area contributed by atoms with Gasteiger partial charge in [-0.05, 0) is 13.8 Å². The molecule has 1 fully saturated rings. The van der Waals surface area contributed by atoms with Gasteiger partial charge >= 0.3 is 6.18 Å². The molecule has 1 saturated heterocycles. The molecular formula is C14H22F3N3O. The molecule has 0 amide bonds. The minimum absolute atomic E-state index is 0.343. The molecule has 1 aromatic heterocycles. The second-order valence-corrected chi connectivity index (χ2v) is 6.13. The minimum Gasteiger partial charge on any atom is -0.444 e. The van der Waals surface area contributed by atoms with Crippen LogP contribution < -0.4 is 0 Å². The first-order valence-corrected chi connectivity index (χ1v) is 7.17. The number of nitrogens with zero attached hydrogens (tertiary/aromatic N) is 3. The third-order valence-corrected chi connectivity index (χ3v) is 3.83. The number of aromatic nitrogens is 1. The summed E-state index contributed by atoms with van der Waals surface area (Å²) in [6, 6.07) is 0. The molecular weight excluding hydrogens is 283 g/mol.